The number of pyridine rings is 1. The number of anilines is 2. The van der Waals surface area contributed by atoms with Crippen LogP contribution in [-0.4, -0.2) is 46.5 Å². The minimum Gasteiger partial charge on any atom is -0.398 e. The molecule has 0 bridgehead atoms. The number of rotatable bonds is 1. The first-order chi connectivity index (χ1) is 14.1. The Morgan fingerprint density at radius 2 is 2.00 bits per heavy atom. The molecule has 6 rings (SSSR count). The summed E-state index contributed by atoms with van der Waals surface area (Å²) in [6.07, 6.45) is 7.27. The summed E-state index contributed by atoms with van der Waals surface area (Å²) in [6.45, 7) is 3.62. The van der Waals surface area contributed by atoms with Gasteiger partial charge in [0, 0.05) is 47.4 Å². The van der Waals surface area contributed by atoms with Gasteiger partial charge in [-0.3, -0.25) is 15.0 Å². The predicted molar refractivity (Wildman–Crippen MR) is 113 cm³/mol. The van der Waals surface area contributed by atoms with Crippen molar-refractivity contribution < 1.29 is 4.92 Å². The summed E-state index contributed by atoms with van der Waals surface area (Å²) in [5.41, 5.74) is 9.18. The van der Waals surface area contributed by atoms with Crippen molar-refractivity contribution in [2.24, 2.45) is 11.8 Å². The number of hydrogen-bond acceptors (Lipinski definition) is 6. The van der Waals surface area contributed by atoms with Gasteiger partial charge in [-0.1, -0.05) is 0 Å². The first-order valence-electron chi connectivity index (χ1n) is 11.0. The zero-order chi connectivity index (χ0) is 19.7. The van der Waals surface area contributed by atoms with E-state index in [1.807, 2.05) is 0 Å². The van der Waals surface area contributed by atoms with Crippen molar-refractivity contribution >= 4 is 28.1 Å². The van der Waals surface area contributed by atoms with E-state index < -0.39 is 0 Å². The molecule has 5 heterocycles. The number of piperidine rings is 3. The Morgan fingerprint density at radius 1 is 1.17 bits per heavy atom. The number of benzene rings is 1. The Bertz CT molecular complexity index is 1010. The highest BCUT2D eigenvalue weighted by Crippen LogP contribution is 2.48. The first kappa shape index (κ1) is 17.4. The molecular formula is C22H27N5O2. The lowest BCUT2D eigenvalue weighted by Gasteiger charge is -2.59. The maximum Gasteiger partial charge on any atom is 0.270 e. The van der Waals surface area contributed by atoms with E-state index in [0.717, 1.165) is 48.2 Å². The van der Waals surface area contributed by atoms with E-state index in [-0.39, 0.29) is 10.6 Å². The molecule has 4 aliphatic rings. The van der Waals surface area contributed by atoms with Crippen molar-refractivity contribution in [2.45, 2.75) is 50.6 Å². The molecule has 2 aromatic rings. The van der Waals surface area contributed by atoms with Crippen LogP contribution in [0.1, 0.15) is 37.7 Å². The Morgan fingerprint density at radius 3 is 2.83 bits per heavy atom. The molecular weight excluding hydrogens is 366 g/mol. The number of fused-ring (bicyclic) bond motifs is 5. The lowest BCUT2D eigenvalue weighted by atomic mass is 9.68. The summed E-state index contributed by atoms with van der Waals surface area (Å²) in [6, 6.07) is 6.17. The predicted octanol–water partition coefficient (Wildman–Crippen LogP) is 3.35. The van der Waals surface area contributed by atoms with E-state index in [9.17, 15) is 10.1 Å². The Labute approximate surface area is 170 Å². The minimum absolute atomic E-state index is 0.0740. The molecule has 3 saturated heterocycles. The van der Waals surface area contributed by atoms with Crippen molar-refractivity contribution in [3.05, 3.63) is 33.9 Å². The van der Waals surface area contributed by atoms with Gasteiger partial charge in [-0.05, 0) is 69.5 Å². The average Bonchev–Trinajstić information content (AvgIpc) is 2.74. The molecule has 7 nitrogen and oxygen atoms in total. The van der Waals surface area contributed by atoms with E-state index >= 15 is 0 Å². The van der Waals surface area contributed by atoms with Crippen LogP contribution in [0.4, 0.5) is 17.2 Å². The summed E-state index contributed by atoms with van der Waals surface area (Å²) in [5.74, 6) is 2.49. The Hall–Kier alpha value is -2.41. The van der Waals surface area contributed by atoms with Crippen LogP contribution in [0.25, 0.3) is 10.9 Å². The molecule has 0 amide bonds. The van der Waals surface area contributed by atoms with Gasteiger partial charge in [0.15, 0.2) is 0 Å². The number of nitrogens with zero attached hydrogens (tertiary/aromatic N) is 4. The van der Waals surface area contributed by atoms with Crippen LogP contribution >= 0.6 is 0 Å². The smallest absolute Gasteiger partial charge is 0.270 e. The molecule has 4 atom stereocenters. The van der Waals surface area contributed by atoms with Gasteiger partial charge in [-0.15, -0.1) is 0 Å². The summed E-state index contributed by atoms with van der Waals surface area (Å²) >= 11 is 0. The fourth-order valence-corrected chi connectivity index (χ4v) is 6.80. The van der Waals surface area contributed by atoms with Crippen LogP contribution in [0, 0.1) is 22.0 Å². The zero-order valence-corrected chi connectivity index (χ0v) is 16.6. The quantitative estimate of drug-likeness (QED) is 0.590. The average molecular weight is 393 g/mol. The molecule has 2 N–H and O–H groups in total. The number of nitrogen functional groups attached to an aromatic ring is 1. The van der Waals surface area contributed by atoms with Crippen LogP contribution in [0.15, 0.2) is 18.2 Å². The van der Waals surface area contributed by atoms with Crippen molar-refractivity contribution in [3.8, 4) is 0 Å². The molecule has 1 aromatic carbocycles. The molecule has 0 unspecified atom stereocenters. The molecule has 0 saturated carbocycles. The third kappa shape index (κ3) is 2.49. The third-order valence-corrected chi connectivity index (χ3v) is 7.94. The fraction of sp³-hybridized carbons (Fsp3) is 0.591. The van der Waals surface area contributed by atoms with E-state index in [1.165, 1.54) is 44.8 Å². The molecule has 152 valence electrons. The normalized spacial score (nSPS) is 31.1. The summed E-state index contributed by atoms with van der Waals surface area (Å²) in [5, 5.41) is 11.9. The second-order valence-electron chi connectivity index (χ2n) is 9.28. The van der Waals surface area contributed by atoms with Crippen molar-refractivity contribution in [2.75, 3.05) is 30.3 Å². The number of non-ortho nitro benzene ring substituents is 1. The van der Waals surface area contributed by atoms with Crippen LogP contribution in [-0.2, 0) is 6.42 Å². The molecule has 3 fully saturated rings. The third-order valence-electron chi connectivity index (χ3n) is 7.94. The lowest BCUT2D eigenvalue weighted by Crippen LogP contribution is -2.65. The van der Waals surface area contributed by atoms with Crippen LogP contribution in [0.3, 0.4) is 0 Å². The van der Waals surface area contributed by atoms with Gasteiger partial charge >= 0.3 is 0 Å². The number of nitro benzene ring substituents is 1. The maximum atomic E-state index is 11.2. The second kappa shape index (κ2) is 6.29. The van der Waals surface area contributed by atoms with Gasteiger partial charge in [0.25, 0.3) is 5.69 Å². The lowest BCUT2D eigenvalue weighted by molar-refractivity contribution is -0.384. The highest BCUT2D eigenvalue weighted by molar-refractivity contribution is 5.96. The Balaban J connectivity index is 1.45. The topological polar surface area (TPSA) is 88.5 Å². The van der Waals surface area contributed by atoms with Crippen LogP contribution < -0.4 is 10.6 Å². The molecule has 4 aliphatic heterocycles. The van der Waals surface area contributed by atoms with Crippen molar-refractivity contribution in [1.29, 1.82) is 0 Å². The molecule has 0 radical (unpaired) electrons. The first-order valence-corrected chi connectivity index (χ1v) is 11.0. The van der Waals surface area contributed by atoms with Gasteiger partial charge < -0.3 is 10.6 Å². The number of nitrogens with two attached hydrogens (primary N) is 1. The van der Waals surface area contributed by atoms with E-state index in [1.54, 1.807) is 12.1 Å². The highest BCUT2D eigenvalue weighted by Gasteiger charge is 2.50. The standard InChI is InChI=1S/C22H27N5O2/c23-20-16-6-8-19-15-4-2-10-25-9-1-3-13(21(15)25)12-26(19)22(16)24-18-7-5-14(27(28)29)11-17(18)20/h5,7,11,13,15,19,21H,1-4,6,8-10,12H2,(H2,23,24)/t13-,15+,19+,21-/m0/s1. The molecule has 0 aliphatic carbocycles. The zero-order valence-electron chi connectivity index (χ0n) is 16.6. The van der Waals surface area contributed by atoms with Gasteiger partial charge in [0.2, 0.25) is 0 Å². The van der Waals surface area contributed by atoms with Crippen LogP contribution in [0.5, 0.6) is 0 Å². The maximum absolute atomic E-state index is 11.2. The van der Waals surface area contributed by atoms with E-state index in [4.69, 9.17) is 10.7 Å². The monoisotopic (exact) mass is 393 g/mol. The summed E-state index contributed by atoms with van der Waals surface area (Å²) < 4.78 is 0. The number of nitro groups is 1. The largest absolute Gasteiger partial charge is 0.398 e. The minimum atomic E-state index is -0.364. The summed E-state index contributed by atoms with van der Waals surface area (Å²) in [7, 11) is 0. The Kier molecular flexibility index (Phi) is 3.79. The van der Waals surface area contributed by atoms with Gasteiger partial charge in [-0.2, -0.15) is 0 Å². The van der Waals surface area contributed by atoms with Gasteiger partial charge in [0.1, 0.15) is 5.82 Å². The molecule has 7 heteroatoms. The molecule has 29 heavy (non-hydrogen) atoms. The van der Waals surface area contributed by atoms with Crippen molar-refractivity contribution in [1.82, 2.24) is 9.88 Å². The molecule has 0 spiro atoms. The van der Waals surface area contributed by atoms with Gasteiger partial charge in [-0.25, -0.2) is 4.98 Å². The summed E-state index contributed by atoms with van der Waals surface area (Å²) in [4.78, 5) is 21.2. The SMILES string of the molecule is Nc1c2c(nc3ccc([N+](=O)[O-])cc13)N1C[C@@H]3CCCN4CCC[C@@H]([C@H]34)[C@H]1CC2. The molecule has 1 aromatic heterocycles. The van der Waals surface area contributed by atoms with Crippen LogP contribution in [0.2, 0.25) is 0 Å². The second-order valence-corrected chi connectivity index (χ2v) is 9.28. The van der Waals surface area contributed by atoms with E-state index in [0.29, 0.717) is 23.0 Å². The number of hydrogen-bond donors (Lipinski definition) is 1. The number of aromatic nitrogens is 1. The van der Waals surface area contributed by atoms with E-state index in [2.05, 4.69) is 9.80 Å². The van der Waals surface area contributed by atoms with Crippen molar-refractivity contribution in [3.63, 3.8) is 0 Å². The fourth-order valence-electron chi connectivity index (χ4n) is 6.80. The highest BCUT2D eigenvalue weighted by atomic mass is 16.6. The van der Waals surface area contributed by atoms with Gasteiger partial charge in [0.05, 0.1) is 10.4 Å².